The van der Waals surface area contributed by atoms with E-state index >= 15 is 0 Å². The molecule has 3 N–H and O–H groups in total. The molecule has 0 aliphatic rings. The van der Waals surface area contributed by atoms with Gasteiger partial charge in [0.05, 0.1) is 13.7 Å². The van der Waals surface area contributed by atoms with Gasteiger partial charge in [-0.2, -0.15) is 0 Å². The molecule has 0 radical (unpaired) electrons. The van der Waals surface area contributed by atoms with Gasteiger partial charge in [-0.05, 0) is 20.3 Å². The van der Waals surface area contributed by atoms with Crippen LogP contribution in [-0.4, -0.2) is 44.3 Å². The molecule has 17 heavy (non-hydrogen) atoms. The SMILES string of the molecule is COCC(C)(NC(=O)CCC(C)N)C(=O)OC. The van der Waals surface area contributed by atoms with E-state index in [4.69, 9.17) is 10.5 Å². The van der Waals surface area contributed by atoms with E-state index in [9.17, 15) is 9.59 Å². The number of hydrogen-bond donors (Lipinski definition) is 2. The van der Waals surface area contributed by atoms with Gasteiger partial charge in [-0.3, -0.25) is 4.79 Å². The summed E-state index contributed by atoms with van der Waals surface area (Å²) in [6, 6.07) is -0.0486. The third kappa shape index (κ3) is 5.65. The van der Waals surface area contributed by atoms with Gasteiger partial charge in [0.25, 0.3) is 0 Å². The predicted octanol–water partition coefficient (Wildman–Crippen LogP) is -0.192. The molecule has 0 aromatic carbocycles. The predicted molar refractivity (Wildman–Crippen MR) is 63.3 cm³/mol. The van der Waals surface area contributed by atoms with E-state index in [-0.39, 0.29) is 25.0 Å². The number of nitrogens with one attached hydrogen (secondary N) is 1. The second-order valence-electron chi connectivity index (χ2n) is 4.32. The highest BCUT2D eigenvalue weighted by Crippen LogP contribution is 2.08. The van der Waals surface area contributed by atoms with Crippen molar-refractivity contribution in [2.24, 2.45) is 5.73 Å². The molecule has 0 heterocycles. The quantitative estimate of drug-likeness (QED) is 0.607. The fourth-order valence-electron chi connectivity index (χ4n) is 1.39. The van der Waals surface area contributed by atoms with E-state index in [1.165, 1.54) is 14.2 Å². The average Bonchev–Trinajstić information content (AvgIpc) is 2.25. The first kappa shape index (κ1) is 15.9. The third-order valence-electron chi connectivity index (χ3n) is 2.31. The van der Waals surface area contributed by atoms with Crippen molar-refractivity contribution in [1.29, 1.82) is 0 Å². The number of hydrogen-bond acceptors (Lipinski definition) is 5. The van der Waals surface area contributed by atoms with Crippen LogP contribution >= 0.6 is 0 Å². The van der Waals surface area contributed by atoms with Crippen molar-refractivity contribution in [2.45, 2.75) is 38.3 Å². The lowest BCUT2D eigenvalue weighted by atomic mass is 10.0. The smallest absolute Gasteiger partial charge is 0.333 e. The van der Waals surface area contributed by atoms with Crippen molar-refractivity contribution >= 4 is 11.9 Å². The van der Waals surface area contributed by atoms with Crippen LogP contribution in [-0.2, 0) is 19.1 Å². The molecule has 0 bridgehead atoms. The number of carbonyl (C=O) groups is 2. The lowest BCUT2D eigenvalue weighted by Gasteiger charge is -2.27. The van der Waals surface area contributed by atoms with Crippen LogP contribution in [0.25, 0.3) is 0 Å². The summed E-state index contributed by atoms with van der Waals surface area (Å²) in [6.07, 6.45) is 0.837. The molecule has 6 nitrogen and oxygen atoms in total. The summed E-state index contributed by atoms with van der Waals surface area (Å²) in [5, 5.41) is 2.61. The van der Waals surface area contributed by atoms with Gasteiger partial charge in [0, 0.05) is 19.6 Å². The molecule has 0 spiro atoms. The second kappa shape index (κ2) is 7.24. The number of ether oxygens (including phenoxy) is 2. The van der Waals surface area contributed by atoms with E-state index in [0.29, 0.717) is 6.42 Å². The topological polar surface area (TPSA) is 90.6 Å². The summed E-state index contributed by atoms with van der Waals surface area (Å²) in [7, 11) is 2.72. The van der Waals surface area contributed by atoms with Gasteiger partial charge >= 0.3 is 5.97 Å². The molecule has 0 saturated heterocycles. The standard InChI is InChI=1S/C11H22N2O4/c1-8(12)5-6-9(14)13-11(2,7-16-3)10(15)17-4/h8H,5-7,12H2,1-4H3,(H,13,14). The fourth-order valence-corrected chi connectivity index (χ4v) is 1.39. The van der Waals surface area contributed by atoms with Gasteiger partial charge in [0.2, 0.25) is 5.91 Å². The van der Waals surface area contributed by atoms with Crippen LogP contribution < -0.4 is 11.1 Å². The lowest BCUT2D eigenvalue weighted by molar-refractivity contribution is -0.152. The number of carbonyl (C=O) groups excluding carboxylic acids is 2. The van der Waals surface area contributed by atoms with Crippen LogP contribution in [0.5, 0.6) is 0 Å². The van der Waals surface area contributed by atoms with Gasteiger partial charge < -0.3 is 20.5 Å². The molecule has 0 aliphatic heterocycles. The molecule has 0 aromatic heterocycles. The maximum atomic E-state index is 11.6. The minimum atomic E-state index is -1.15. The Morgan fingerprint density at radius 1 is 1.41 bits per heavy atom. The molecule has 0 saturated carbocycles. The Morgan fingerprint density at radius 3 is 2.41 bits per heavy atom. The Labute approximate surface area is 102 Å². The fraction of sp³-hybridized carbons (Fsp3) is 0.818. The van der Waals surface area contributed by atoms with Gasteiger partial charge in [0.15, 0.2) is 5.54 Å². The first-order chi connectivity index (χ1) is 7.85. The highest BCUT2D eigenvalue weighted by atomic mass is 16.5. The molecular formula is C11H22N2O4. The molecule has 0 rings (SSSR count). The van der Waals surface area contributed by atoms with E-state index in [0.717, 1.165) is 0 Å². The van der Waals surface area contributed by atoms with E-state index in [1.54, 1.807) is 6.92 Å². The van der Waals surface area contributed by atoms with Gasteiger partial charge in [-0.1, -0.05) is 0 Å². The largest absolute Gasteiger partial charge is 0.467 e. The number of nitrogens with two attached hydrogens (primary N) is 1. The highest BCUT2D eigenvalue weighted by molar-refractivity contribution is 5.87. The zero-order valence-electron chi connectivity index (χ0n) is 10.9. The zero-order valence-corrected chi connectivity index (χ0v) is 10.9. The van der Waals surface area contributed by atoms with E-state index in [1.807, 2.05) is 6.92 Å². The Bertz CT molecular complexity index is 268. The van der Waals surface area contributed by atoms with E-state index in [2.05, 4.69) is 10.1 Å². The van der Waals surface area contributed by atoms with Crippen molar-refractivity contribution in [2.75, 3.05) is 20.8 Å². The molecule has 0 aromatic rings. The van der Waals surface area contributed by atoms with Crippen molar-refractivity contribution in [3.63, 3.8) is 0 Å². The monoisotopic (exact) mass is 246 g/mol. The molecule has 0 fully saturated rings. The van der Waals surface area contributed by atoms with Crippen molar-refractivity contribution < 1.29 is 19.1 Å². The van der Waals surface area contributed by atoms with Crippen LogP contribution in [0.15, 0.2) is 0 Å². The Kier molecular flexibility index (Phi) is 6.75. The zero-order chi connectivity index (χ0) is 13.5. The first-order valence-electron chi connectivity index (χ1n) is 5.49. The maximum Gasteiger partial charge on any atom is 0.333 e. The van der Waals surface area contributed by atoms with Crippen LogP contribution in [0, 0.1) is 0 Å². The molecule has 2 atom stereocenters. The Balaban J connectivity index is 4.43. The van der Waals surface area contributed by atoms with Gasteiger partial charge in [-0.25, -0.2) is 4.79 Å². The number of rotatable bonds is 7. The van der Waals surface area contributed by atoms with Crippen LogP contribution in [0.1, 0.15) is 26.7 Å². The van der Waals surface area contributed by atoms with Gasteiger partial charge in [0.1, 0.15) is 0 Å². The van der Waals surface area contributed by atoms with Crippen molar-refractivity contribution in [1.82, 2.24) is 5.32 Å². The highest BCUT2D eigenvalue weighted by Gasteiger charge is 2.36. The maximum absolute atomic E-state index is 11.6. The molecule has 100 valence electrons. The Morgan fingerprint density at radius 2 is 2.00 bits per heavy atom. The first-order valence-corrected chi connectivity index (χ1v) is 5.49. The minimum absolute atomic E-state index is 0.0486. The normalized spacial score (nSPS) is 15.8. The summed E-state index contributed by atoms with van der Waals surface area (Å²) in [6.45, 7) is 3.44. The van der Waals surface area contributed by atoms with Crippen LogP contribution in [0.3, 0.4) is 0 Å². The molecule has 6 heteroatoms. The summed E-state index contributed by atoms with van der Waals surface area (Å²) < 4.78 is 9.55. The molecule has 0 aliphatic carbocycles. The van der Waals surface area contributed by atoms with Crippen LogP contribution in [0.2, 0.25) is 0 Å². The van der Waals surface area contributed by atoms with Crippen molar-refractivity contribution in [3.8, 4) is 0 Å². The van der Waals surface area contributed by atoms with Crippen LogP contribution in [0.4, 0.5) is 0 Å². The minimum Gasteiger partial charge on any atom is -0.467 e. The van der Waals surface area contributed by atoms with Gasteiger partial charge in [-0.15, -0.1) is 0 Å². The summed E-state index contributed by atoms with van der Waals surface area (Å²) in [4.78, 5) is 23.2. The average molecular weight is 246 g/mol. The summed E-state index contributed by atoms with van der Waals surface area (Å²) >= 11 is 0. The number of amides is 1. The van der Waals surface area contributed by atoms with Crippen molar-refractivity contribution in [3.05, 3.63) is 0 Å². The lowest BCUT2D eigenvalue weighted by Crippen LogP contribution is -2.56. The van der Waals surface area contributed by atoms with E-state index < -0.39 is 11.5 Å². The molecule has 2 unspecified atom stereocenters. The Hall–Kier alpha value is -1.14. The number of esters is 1. The summed E-state index contributed by atoms with van der Waals surface area (Å²) in [5.74, 6) is -0.777. The second-order valence-corrected chi connectivity index (χ2v) is 4.32. The number of methoxy groups -OCH3 is 2. The molecule has 1 amide bonds. The molecular weight excluding hydrogens is 224 g/mol. The third-order valence-corrected chi connectivity index (χ3v) is 2.31. The summed E-state index contributed by atoms with van der Waals surface area (Å²) in [5.41, 5.74) is 4.40.